The van der Waals surface area contributed by atoms with Gasteiger partial charge in [0.25, 0.3) is 0 Å². The minimum atomic E-state index is 1.18. The van der Waals surface area contributed by atoms with Crippen LogP contribution in [-0.2, 0) is 0 Å². The number of hydrogen-bond donors (Lipinski definition) is 0. The van der Waals surface area contributed by atoms with E-state index in [1.807, 2.05) is 0 Å². The second-order valence-corrected chi connectivity index (χ2v) is 10.6. The van der Waals surface area contributed by atoms with E-state index in [4.69, 9.17) is 0 Å². The van der Waals surface area contributed by atoms with Gasteiger partial charge in [-0.1, -0.05) is 109 Å². The molecule has 0 N–H and O–H groups in total. The molecule has 39 heavy (non-hydrogen) atoms. The van der Waals surface area contributed by atoms with E-state index in [0.29, 0.717) is 0 Å². The lowest BCUT2D eigenvalue weighted by Crippen LogP contribution is -1.94. The zero-order valence-corrected chi connectivity index (χ0v) is 21.2. The molecule has 8 aromatic rings. The summed E-state index contributed by atoms with van der Waals surface area (Å²) in [6, 6.07) is 51.2. The SMILES string of the molecule is c1cc(-c2ccc3ccccc3c2)cc(-n2c3ccccc3c3c4c(ccc32)-c2cccc3cccc-4c23)c1. The first-order valence-electron chi connectivity index (χ1n) is 13.5. The van der Waals surface area contributed by atoms with Gasteiger partial charge >= 0.3 is 0 Å². The summed E-state index contributed by atoms with van der Waals surface area (Å²) in [6.45, 7) is 0. The van der Waals surface area contributed by atoms with E-state index in [2.05, 4.69) is 144 Å². The molecule has 0 fully saturated rings. The predicted molar refractivity (Wildman–Crippen MR) is 166 cm³/mol. The van der Waals surface area contributed by atoms with Crippen LogP contribution in [-0.4, -0.2) is 4.57 Å². The molecule has 0 aliphatic heterocycles. The summed E-state index contributed by atoms with van der Waals surface area (Å²) in [5.41, 5.74) is 11.5. The highest BCUT2D eigenvalue weighted by Gasteiger charge is 2.26. The lowest BCUT2D eigenvalue weighted by Gasteiger charge is -2.12. The van der Waals surface area contributed by atoms with Crippen molar-refractivity contribution >= 4 is 43.4 Å². The maximum absolute atomic E-state index is 2.44. The average Bonchev–Trinajstić information content (AvgIpc) is 3.51. The van der Waals surface area contributed by atoms with Gasteiger partial charge in [0.1, 0.15) is 0 Å². The number of rotatable bonds is 2. The summed E-state index contributed by atoms with van der Waals surface area (Å²) in [5, 5.41) is 7.85. The lowest BCUT2D eigenvalue weighted by molar-refractivity contribution is 1.18. The Morgan fingerprint density at radius 3 is 2.05 bits per heavy atom. The molecule has 1 aromatic heterocycles. The van der Waals surface area contributed by atoms with Crippen LogP contribution in [0.1, 0.15) is 0 Å². The Balaban J connectivity index is 1.33. The van der Waals surface area contributed by atoms with E-state index >= 15 is 0 Å². The second-order valence-electron chi connectivity index (χ2n) is 10.6. The Kier molecular flexibility index (Phi) is 4.11. The standard InChI is InChI=1S/C38H23N/c1-2-9-26-22-28(19-18-24(26)8-1)27-12-5-13-29(23-27)39-34-17-4-3-14-32(34)38-35(39)21-20-31-30-15-6-10-25-11-7-16-33(36(25)30)37(31)38/h1-23H. The Hall–Kier alpha value is -5.14. The minimum Gasteiger partial charge on any atom is -0.309 e. The first kappa shape index (κ1) is 20.9. The summed E-state index contributed by atoms with van der Waals surface area (Å²) in [7, 11) is 0. The van der Waals surface area contributed by atoms with Crippen molar-refractivity contribution in [3.63, 3.8) is 0 Å². The molecule has 1 nitrogen and oxygen atoms in total. The van der Waals surface area contributed by atoms with Crippen LogP contribution in [0.4, 0.5) is 0 Å². The number of para-hydroxylation sites is 1. The molecular weight excluding hydrogens is 470 g/mol. The van der Waals surface area contributed by atoms with Crippen LogP contribution in [0.15, 0.2) is 140 Å². The monoisotopic (exact) mass is 493 g/mol. The Morgan fingerprint density at radius 1 is 0.385 bits per heavy atom. The van der Waals surface area contributed by atoms with Crippen LogP contribution in [0.5, 0.6) is 0 Å². The maximum atomic E-state index is 2.44. The van der Waals surface area contributed by atoms with Gasteiger partial charge in [0.15, 0.2) is 0 Å². The molecule has 9 rings (SSSR count). The summed E-state index contributed by atoms with van der Waals surface area (Å²) in [5.74, 6) is 0. The first-order valence-corrected chi connectivity index (χ1v) is 13.5. The second kappa shape index (κ2) is 7.69. The predicted octanol–water partition coefficient (Wildman–Crippen LogP) is 10.4. The van der Waals surface area contributed by atoms with Gasteiger partial charge in [-0.25, -0.2) is 0 Å². The van der Waals surface area contributed by atoms with E-state index in [1.54, 1.807) is 0 Å². The number of aromatic nitrogens is 1. The van der Waals surface area contributed by atoms with E-state index in [1.165, 1.54) is 82.4 Å². The molecule has 1 aliphatic rings. The van der Waals surface area contributed by atoms with E-state index in [-0.39, 0.29) is 0 Å². The normalized spacial score (nSPS) is 12.1. The largest absolute Gasteiger partial charge is 0.309 e. The molecule has 1 heteroatoms. The van der Waals surface area contributed by atoms with Gasteiger partial charge in [-0.3, -0.25) is 0 Å². The quantitative estimate of drug-likeness (QED) is 0.226. The Labute approximate surface area is 226 Å². The Bertz CT molecular complexity index is 2280. The highest BCUT2D eigenvalue weighted by molar-refractivity contribution is 6.26. The van der Waals surface area contributed by atoms with Gasteiger partial charge in [0.2, 0.25) is 0 Å². The third kappa shape index (κ3) is 2.85. The van der Waals surface area contributed by atoms with Gasteiger partial charge in [0.05, 0.1) is 11.0 Å². The molecule has 1 heterocycles. The van der Waals surface area contributed by atoms with Crippen molar-refractivity contribution in [3.05, 3.63) is 140 Å². The van der Waals surface area contributed by atoms with E-state index < -0.39 is 0 Å². The molecule has 180 valence electrons. The van der Waals surface area contributed by atoms with Crippen molar-refractivity contribution in [2.75, 3.05) is 0 Å². The van der Waals surface area contributed by atoms with Crippen LogP contribution in [0.2, 0.25) is 0 Å². The molecule has 7 aromatic carbocycles. The van der Waals surface area contributed by atoms with E-state index in [0.717, 1.165) is 0 Å². The zero-order chi connectivity index (χ0) is 25.5. The summed E-state index contributed by atoms with van der Waals surface area (Å²) >= 11 is 0. The number of fused-ring (bicyclic) bond motifs is 8. The van der Waals surface area contributed by atoms with Gasteiger partial charge in [-0.15, -0.1) is 0 Å². The first-order chi connectivity index (χ1) is 19.3. The fourth-order valence-corrected chi connectivity index (χ4v) is 6.81. The topological polar surface area (TPSA) is 4.93 Å². The van der Waals surface area contributed by atoms with Crippen LogP contribution < -0.4 is 0 Å². The van der Waals surface area contributed by atoms with Crippen LogP contribution in [0.25, 0.3) is 82.4 Å². The summed E-state index contributed by atoms with van der Waals surface area (Å²) < 4.78 is 2.44. The fraction of sp³-hybridized carbons (Fsp3) is 0. The Morgan fingerprint density at radius 2 is 1.13 bits per heavy atom. The van der Waals surface area contributed by atoms with Gasteiger partial charge < -0.3 is 4.57 Å². The summed E-state index contributed by atoms with van der Waals surface area (Å²) in [4.78, 5) is 0. The van der Waals surface area contributed by atoms with Gasteiger partial charge in [-0.05, 0) is 79.7 Å². The van der Waals surface area contributed by atoms with Crippen molar-refractivity contribution in [1.82, 2.24) is 4.57 Å². The maximum Gasteiger partial charge on any atom is 0.0547 e. The van der Waals surface area contributed by atoms with Crippen molar-refractivity contribution in [3.8, 4) is 39.1 Å². The van der Waals surface area contributed by atoms with Crippen LogP contribution >= 0.6 is 0 Å². The minimum absolute atomic E-state index is 1.18. The van der Waals surface area contributed by atoms with Crippen molar-refractivity contribution < 1.29 is 0 Å². The molecule has 0 spiro atoms. The third-order valence-corrected chi connectivity index (χ3v) is 8.49. The molecule has 0 saturated heterocycles. The summed E-state index contributed by atoms with van der Waals surface area (Å²) in [6.07, 6.45) is 0. The molecular formula is C38H23N. The molecule has 0 unspecified atom stereocenters. The molecule has 0 bridgehead atoms. The average molecular weight is 494 g/mol. The van der Waals surface area contributed by atoms with Crippen molar-refractivity contribution in [2.24, 2.45) is 0 Å². The number of nitrogens with zero attached hydrogens (tertiary/aromatic N) is 1. The smallest absolute Gasteiger partial charge is 0.0547 e. The van der Waals surface area contributed by atoms with Crippen LogP contribution in [0, 0.1) is 0 Å². The highest BCUT2D eigenvalue weighted by atomic mass is 15.0. The molecule has 0 radical (unpaired) electrons. The lowest BCUT2D eigenvalue weighted by atomic mass is 9.98. The molecule has 0 atom stereocenters. The molecule has 0 amide bonds. The van der Waals surface area contributed by atoms with Crippen molar-refractivity contribution in [2.45, 2.75) is 0 Å². The highest BCUT2D eigenvalue weighted by Crippen LogP contribution is 2.52. The number of hydrogen-bond acceptors (Lipinski definition) is 0. The van der Waals surface area contributed by atoms with Crippen molar-refractivity contribution in [1.29, 1.82) is 0 Å². The van der Waals surface area contributed by atoms with Gasteiger partial charge in [0, 0.05) is 22.0 Å². The molecule has 1 aliphatic carbocycles. The zero-order valence-electron chi connectivity index (χ0n) is 21.2. The van der Waals surface area contributed by atoms with E-state index in [9.17, 15) is 0 Å². The van der Waals surface area contributed by atoms with Crippen LogP contribution in [0.3, 0.4) is 0 Å². The van der Waals surface area contributed by atoms with Gasteiger partial charge in [-0.2, -0.15) is 0 Å². The molecule has 0 saturated carbocycles. The third-order valence-electron chi connectivity index (χ3n) is 8.49. The fourth-order valence-electron chi connectivity index (χ4n) is 6.81. The number of benzene rings is 7.